The lowest BCUT2D eigenvalue weighted by atomic mass is 10.2. The number of halogens is 2. The lowest BCUT2D eigenvalue weighted by molar-refractivity contribution is -0.0512. The van der Waals surface area contributed by atoms with Gasteiger partial charge in [-0.3, -0.25) is 0 Å². The van der Waals surface area contributed by atoms with Crippen LogP contribution in [0.3, 0.4) is 0 Å². The molecule has 0 saturated heterocycles. The minimum Gasteiger partial charge on any atom is -0.493 e. The van der Waals surface area contributed by atoms with Gasteiger partial charge >= 0.3 is 6.61 Å². The van der Waals surface area contributed by atoms with E-state index < -0.39 is 6.61 Å². The first-order chi connectivity index (χ1) is 10.7. The smallest absolute Gasteiger partial charge is 0.387 e. The molecule has 116 valence electrons. The second kappa shape index (κ2) is 7.97. The molecule has 0 amide bonds. The van der Waals surface area contributed by atoms with Crippen LogP contribution in [0.2, 0.25) is 0 Å². The molecule has 22 heavy (non-hydrogen) atoms. The highest BCUT2D eigenvalue weighted by Crippen LogP contribution is 2.28. The molecular formula is C16H15F2NO3. The van der Waals surface area contributed by atoms with Crippen molar-refractivity contribution < 1.29 is 23.1 Å². The van der Waals surface area contributed by atoms with Crippen LogP contribution in [0.5, 0.6) is 11.5 Å². The summed E-state index contributed by atoms with van der Waals surface area (Å²) >= 11 is 0. The first-order valence-electron chi connectivity index (χ1n) is 6.51. The maximum absolute atomic E-state index is 12.2. The van der Waals surface area contributed by atoms with Crippen LogP contribution in [0.25, 0.3) is 0 Å². The van der Waals surface area contributed by atoms with Crippen LogP contribution in [0.4, 0.5) is 8.78 Å². The molecule has 4 nitrogen and oxygen atoms in total. The van der Waals surface area contributed by atoms with E-state index in [1.807, 2.05) is 30.3 Å². The molecule has 0 aliphatic carbocycles. The van der Waals surface area contributed by atoms with Gasteiger partial charge in [0.25, 0.3) is 0 Å². The van der Waals surface area contributed by atoms with E-state index in [4.69, 9.17) is 9.57 Å². The van der Waals surface area contributed by atoms with Gasteiger partial charge in [0.2, 0.25) is 0 Å². The molecule has 0 atom stereocenters. The quantitative estimate of drug-likeness (QED) is 0.576. The lowest BCUT2D eigenvalue weighted by Crippen LogP contribution is -2.03. The molecule has 0 fully saturated rings. The average Bonchev–Trinajstić information content (AvgIpc) is 2.53. The van der Waals surface area contributed by atoms with E-state index in [2.05, 4.69) is 9.89 Å². The molecule has 0 heterocycles. The molecule has 6 heteroatoms. The highest BCUT2D eigenvalue weighted by molar-refractivity contribution is 5.80. The van der Waals surface area contributed by atoms with Gasteiger partial charge in [0, 0.05) is 5.56 Å². The van der Waals surface area contributed by atoms with Crippen molar-refractivity contribution in [3.63, 3.8) is 0 Å². The highest BCUT2D eigenvalue weighted by Gasteiger charge is 2.10. The van der Waals surface area contributed by atoms with Crippen molar-refractivity contribution in [1.82, 2.24) is 0 Å². The maximum atomic E-state index is 12.2. The molecule has 2 aromatic rings. The first-order valence-corrected chi connectivity index (χ1v) is 6.51. The van der Waals surface area contributed by atoms with Crippen molar-refractivity contribution in [1.29, 1.82) is 0 Å². The van der Waals surface area contributed by atoms with Crippen molar-refractivity contribution in [2.24, 2.45) is 5.16 Å². The Morgan fingerprint density at radius 3 is 2.55 bits per heavy atom. The minimum absolute atomic E-state index is 0.0279. The Balaban J connectivity index is 1.96. The van der Waals surface area contributed by atoms with Gasteiger partial charge in [-0.1, -0.05) is 35.5 Å². The Bertz CT molecular complexity index is 618. The number of hydrogen-bond donors (Lipinski definition) is 0. The molecular weight excluding hydrogens is 292 g/mol. The van der Waals surface area contributed by atoms with E-state index in [-0.39, 0.29) is 11.5 Å². The van der Waals surface area contributed by atoms with E-state index in [0.717, 1.165) is 5.56 Å². The predicted octanol–water partition coefficient (Wildman–Crippen LogP) is 3.85. The Labute approximate surface area is 126 Å². The van der Waals surface area contributed by atoms with Gasteiger partial charge in [0.1, 0.15) is 6.61 Å². The summed E-state index contributed by atoms with van der Waals surface area (Å²) < 4.78 is 33.8. The van der Waals surface area contributed by atoms with Gasteiger partial charge in [-0.25, -0.2) is 0 Å². The third-order valence-electron chi connectivity index (χ3n) is 2.75. The highest BCUT2D eigenvalue weighted by atomic mass is 19.3. The fourth-order valence-corrected chi connectivity index (χ4v) is 1.74. The van der Waals surface area contributed by atoms with E-state index in [9.17, 15) is 8.78 Å². The number of alkyl halides is 2. The Morgan fingerprint density at radius 2 is 1.86 bits per heavy atom. The van der Waals surface area contributed by atoms with Crippen LogP contribution in [-0.4, -0.2) is 19.9 Å². The second-order valence-corrected chi connectivity index (χ2v) is 4.28. The van der Waals surface area contributed by atoms with Crippen LogP contribution in [0.1, 0.15) is 11.1 Å². The van der Waals surface area contributed by atoms with E-state index in [1.165, 1.54) is 25.5 Å². The molecule has 2 rings (SSSR count). The number of benzene rings is 2. The first kappa shape index (κ1) is 15.8. The largest absolute Gasteiger partial charge is 0.493 e. The number of rotatable bonds is 7. The van der Waals surface area contributed by atoms with Crippen molar-refractivity contribution in [2.45, 2.75) is 13.2 Å². The minimum atomic E-state index is -2.90. The Kier molecular flexibility index (Phi) is 5.71. The predicted molar refractivity (Wildman–Crippen MR) is 78.5 cm³/mol. The van der Waals surface area contributed by atoms with Crippen LogP contribution in [-0.2, 0) is 11.4 Å². The van der Waals surface area contributed by atoms with Crippen molar-refractivity contribution in [3.8, 4) is 11.5 Å². The van der Waals surface area contributed by atoms with Gasteiger partial charge in [-0.05, 0) is 23.8 Å². The number of hydrogen-bond acceptors (Lipinski definition) is 4. The zero-order chi connectivity index (χ0) is 15.8. The lowest BCUT2D eigenvalue weighted by Gasteiger charge is -2.09. The topological polar surface area (TPSA) is 40.0 Å². The summed E-state index contributed by atoms with van der Waals surface area (Å²) in [6.45, 7) is -2.55. The fourth-order valence-electron chi connectivity index (χ4n) is 1.74. The number of nitrogens with zero attached hydrogens (tertiary/aromatic N) is 1. The summed E-state index contributed by atoms with van der Waals surface area (Å²) in [5.74, 6) is 0.173. The summed E-state index contributed by atoms with van der Waals surface area (Å²) in [6, 6.07) is 14.1. The molecule has 0 aromatic heterocycles. The Morgan fingerprint density at radius 1 is 1.09 bits per heavy atom. The Hall–Kier alpha value is -2.63. The van der Waals surface area contributed by atoms with Crippen LogP contribution < -0.4 is 9.47 Å². The summed E-state index contributed by atoms with van der Waals surface area (Å²) in [7, 11) is 1.38. The third-order valence-corrected chi connectivity index (χ3v) is 2.75. The molecule has 0 unspecified atom stereocenters. The van der Waals surface area contributed by atoms with Gasteiger partial charge in [0.05, 0.1) is 13.3 Å². The third kappa shape index (κ3) is 4.73. The number of oxime groups is 1. The molecule has 0 spiro atoms. The zero-order valence-corrected chi connectivity index (χ0v) is 11.9. The fraction of sp³-hybridized carbons (Fsp3) is 0.188. The molecule has 0 N–H and O–H groups in total. The zero-order valence-electron chi connectivity index (χ0n) is 11.9. The van der Waals surface area contributed by atoms with E-state index in [1.54, 1.807) is 6.07 Å². The van der Waals surface area contributed by atoms with E-state index in [0.29, 0.717) is 12.2 Å². The van der Waals surface area contributed by atoms with Gasteiger partial charge in [0.15, 0.2) is 11.5 Å². The summed E-state index contributed by atoms with van der Waals surface area (Å²) in [5.41, 5.74) is 1.64. The molecule has 0 aliphatic heterocycles. The van der Waals surface area contributed by atoms with Gasteiger partial charge < -0.3 is 14.3 Å². The summed E-state index contributed by atoms with van der Waals surface area (Å²) in [6.07, 6.45) is 1.47. The number of ether oxygens (including phenoxy) is 2. The summed E-state index contributed by atoms with van der Waals surface area (Å²) in [5, 5.41) is 3.83. The van der Waals surface area contributed by atoms with Crippen molar-refractivity contribution >= 4 is 6.21 Å². The van der Waals surface area contributed by atoms with E-state index >= 15 is 0 Å². The van der Waals surface area contributed by atoms with Crippen LogP contribution in [0.15, 0.2) is 53.7 Å². The van der Waals surface area contributed by atoms with Gasteiger partial charge in [-0.15, -0.1) is 0 Å². The van der Waals surface area contributed by atoms with Crippen LogP contribution >= 0.6 is 0 Å². The maximum Gasteiger partial charge on any atom is 0.387 e. The normalized spacial score (nSPS) is 10.9. The monoisotopic (exact) mass is 307 g/mol. The SMILES string of the molecule is COc1cc(/C=N/OCc2ccccc2)ccc1OC(F)F. The molecule has 0 radical (unpaired) electrons. The van der Waals surface area contributed by atoms with Crippen molar-refractivity contribution in [2.75, 3.05) is 7.11 Å². The molecule has 2 aromatic carbocycles. The van der Waals surface area contributed by atoms with Gasteiger partial charge in [-0.2, -0.15) is 8.78 Å². The standard InChI is InChI=1S/C16H15F2NO3/c1-20-15-9-13(7-8-14(15)22-16(17)18)10-19-21-11-12-5-3-2-4-6-12/h2-10,16H,11H2,1H3/b19-10+. The number of methoxy groups -OCH3 is 1. The second-order valence-electron chi connectivity index (χ2n) is 4.28. The van der Waals surface area contributed by atoms with Crippen molar-refractivity contribution in [3.05, 3.63) is 59.7 Å². The average molecular weight is 307 g/mol. The summed E-state index contributed by atoms with van der Waals surface area (Å²) in [4.78, 5) is 5.17. The molecule has 0 aliphatic rings. The van der Waals surface area contributed by atoms with Crippen LogP contribution in [0, 0.1) is 0 Å². The molecule has 0 bridgehead atoms. The molecule has 0 saturated carbocycles.